The van der Waals surface area contributed by atoms with Gasteiger partial charge in [-0.1, -0.05) is 49.4 Å². The number of primary amides is 1. The van der Waals surface area contributed by atoms with E-state index in [9.17, 15) is 39.3 Å². The number of hydrogen-bond acceptors (Lipinski definition) is 25. The zero-order chi connectivity index (χ0) is 65.3. The van der Waals surface area contributed by atoms with Crippen LogP contribution in [-0.2, 0) is 16.0 Å². The predicted molar refractivity (Wildman–Crippen MR) is 358 cm³/mol. The highest BCUT2D eigenvalue weighted by molar-refractivity contribution is 7.15. The Kier molecular flexibility index (Phi) is 19.2. The number of phenols is 1. The zero-order valence-corrected chi connectivity index (χ0v) is 55.6. The summed E-state index contributed by atoms with van der Waals surface area (Å²) in [5.41, 5.74) is 9.21. The summed E-state index contributed by atoms with van der Waals surface area (Å²) >= 11 is 7.11. The minimum Gasteiger partial charge on any atom is -0.508 e. The molecule has 7 aromatic heterocycles. The van der Waals surface area contributed by atoms with Crippen molar-refractivity contribution in [2.24, 2.45) is 11.7 Å². The first-order valence-electron chi connectivity index (χ1n) is 30.4. The van der Waals surface area contributed by atoms with E-state index in [1.54, 1.807) is 66.2 Å². The molecule has 11 heterocycles. The van der Waals surface area contributed by atoms with Gasteiger partial charge in [0.05, 0.1) is 30.3 Å². The number of benzene rings is 2. The summed E-state index contributed by atoms with van der Waals surface area (Å²) in [5, 5.41) is 56.5. The summed E-state index contributed by atoms with van der Waals surface area (Å²) in [7, 11) is 0. The third-order valence-corrected chi connectivity index (χ3v) is 22.6. The molecule has 0 radical (unpaired) electrons. The van der Waals surface area contributed by atoms with Gasteiger partial charge in [0.1, 0.15) is 93.8 Å². The number of amides is 6. The third kappa shape index (κ3) is 14.0. The summed E-state index contributed by atoms with van der Waals surface area (Å²) < 4.78 is 0. The lowest BCUT2D eigenvalue weighted by Gasteiger charge is -2.36. The van der Waals surface area contributed by atoms with Crippen molar-refractivity contribution in [3.05, 3.63) is 147 Å². The summed E-state index contributed by atoms with van der Waals surface area (Å²) in [6.45, 7) is 12.1. The van der Waals surface area contributed by atoms with Crippen LogP contribution in [0.1, 0.15) is 111 Å². The van der Waals surface area contributed by atoms with Crippen molar-refractivity contribution < 1.29 is 44.1 Å². The Balaban J connectivity index is 0.856. The molecule has 13 rings (SSSR count). The van der Waals surface area contributed by atoms with Crippen LogP contribution in [0.25, 0.3) is 43.4 Å². The van der Waals surface area contributed by atoms with Crippen LogP contribution >= 0.6 is 68.0 Å². The number of thiazole rings is 6. The topological polar surface area (TPSA) is 340 Å². The molecule has 94 heavy (non-hydrogen) atoms. The molecule has 0 aliphatic carbocycles. The Hall–Kier alpha value is -8.21. The van der Waals surface area contributed by atoms with Crippen molar-refractivity contribution in [1.29, 1.82) is 0 Å². The Labute approximate surface area is 562 Å². The van der Waals surface area contributed by atoms with Gasteiger partial charge >= 0.3 is 0 Å². The normalized spacial score (nSPS) is 21.3. The third-order valence-electron chi connectivity index (χ3n) is 17.0. The number of nitrogens with one attached hydrogen (secondary N) is 4. The van der Waals surface area contributed by atoms with E-state index in [2.05, 4.69) is 41.0 Å². The highest BCUT2D eigenvalue weighted by Gasteiger charge is 2.46. The SMILES string of the molecule is Cc1sc2nc1C(=O)N[C@@H]([C@H](O)c1ccccc1)c1nc(cs1)C(=O)N[C@@H](Cc1ccc(O)cc1)C(=O)N1C[C@H](O)[C@H](C)[C@H]1c1nc(cs1)-c1nc(cs1)-c1nc(-c3nc(C(=O)N4CCN(CCN5CCNCC5)CC4)cs3)ccc1-c1nc(cs1)C(=O)N[C@H]2CC(N)=O. The van der Waals surface area contributed by atoms with Crippen LogP contribution in [0.2, 0.25) is 0 Å². The van der Waals surface area contributed by atoms with Gasteiger partial charge in [0.2, 0.25) is 11.8 Å². The van der Waals surface area contributed by atoms with Crippen molar-refractivity contribution in [3.63, 3.8) is 0 Å². The highest BCUT2D eigenvalue weighted by atomic mass is 32.1. The number of aliphatic hydroxyl groups is 2. The lowest BCUT2D eigenvalue weighted by atomic mass is 10.00. The molecule has 0 saturated carbocycles. The molecular formula is C63H64N16O9S6. The minimum atomic E-state index is -1.41. The summed E-state index contributed by atoms with van der Waals surface area (Å²) in [6, 6.07) is 14.0. The van der Waals surface area contributed by atoms with Crippen LogP contribution in [0.4, 0.5) is 0 Å². The van der Waals surface area contributed by atoms with E-state index in [-0.39, 0.29) is 51.7 Å². The Bertz CT molecular complexity index is 4270. The van der Waals surface area contributed by atoms with E-state index < -0.39 is 78.2 Å². The van der Waals surface area contributed by atoms with Crippen molar-refractivity contribution in [2.75, 3.05) is 72.0 Å². The fourth-order valence-electron chi connectivity index (χ4n) is 11.8. The molecule has 2 aromatic carbocycles. The van der Waals surface area contributed by atoms with E-state index in [0.717, 1.165) is 75.0 Å². The van der Waals surface area contributed by atoms with Gasteiger partial charge in [0, 0.05) is 122 Å². The lowest BCUT2D eigenvalue weighted by molar-refractivity contribution is -0.134. The molecule has 25 nitrogen and oxygen atoms in total. The van der Waals surface area contributed by atoms with Gasteiger partial charge < -0.3 is 52.1 Å². The van der Waals surface area contributed by atoms with Gasteiger partial charge in [-0.15, -0.1) is 68.0 Å². The molecule has 4 aliphatic rings. The number of carbonyl (C=O) groups excluding carboxylic acids is 6. The number of aromatic nitrogens is 7. The van der Waals surface area contributed by atoms with Gasteiger partial charge in [-0.25, -0.2) is 34.9 Å². The van der Waals surface area contributed by atoms with Crippen LogP contribution in [0.5, 0.6) is 5.75 Å². The average molecular weight is 1380 g/mol. The van der Waals surface area contributed by atoms with Gasteiger partial charge in [0.25, 0.3) is 23.6 Å². The van der Waals surface area contributed by atoms with Crippen molar-refractivity contribution in [1.82, 2.24) is 75.8 Å². The summed E-state index contributed by atoms with van der Waals surface area (Å²) in [5.74, 6) is -4.09. The fourth-order valence-corrected chi connectivity index (χ4v) is 17.2. The van der Waals surface area contributed by atoms with Gasteiger partial charge in [-0.05, 0) is 42.3 Å². The predicted octanol–water partition coefficient (Wildman–Crippen LogP) is 5.95. The molecule has 0 unspecified atom stereocenters. The van der Waals surface area contributed by atoms with Crippen LogP contribution in [-0.4, -0.2) is 189 Å². The van der Waals surface area contributed by atoms with E-state index in [1.807, 2.05) is 28.7 Å². The number of nitrogens with zero attached hydrogens (tertiary/aromatic N) is 11. The molecule has 31 heteroatoms. The lowest BCUT2D eigenvalue weighted by Crippen LogP contribution is -2.51. The number of hydrogen-bond donors (Lipinski definition) is 8. The molecule has 3 saturated heterocycles. The molecule has 0 spiro atoms. The second-order valence-electron chi connectivity index (χ2n) is 23.3. The number of carbonyl (C=O) groups is 6. The number of pyridine rings is 1. The van der Waals surface area contributed by atoms with E-state index >= 15 is 4.79 Å². The smallest absolute Gasteiger partial charge is 0.273 e. The van der Waals surface area contributed by atoms with Crippen molar-refractivity contribution in [2.45, 2.75) is 63.1 Å². The second kappa shape index (κ2) is 28.0. The number of fused-ring (bicyclic) bond motifs is 16. The number of phenolic OH excluding ortho intramolecular Hbond substituents is 1. The van der Waals surface area contributed by atoms with Gasteiger partial charge in [0.15, 0.2) is 0 Å². The van der Waals surface area contributed by atoms with Crippen molar-refractivity contribution >= 4 is 103 Å². The minimum absolute atomic E-state index is 0.00289. The molecule has 6 amide bonds. The highest BCUT2D eigenvalue weighted by Crippen LogP contribution is 2.43. The summed E-state index contributed by atoms with van der Waals surface area (Å²) in [6.07, 6.45) is -2.79. The monoisotopic (exact) mass is 1380 g/mol. The molecule has 10 bridgehead atoms. The number of rotatable bonds is 11. The number of aliphatic hydroxyl groups excluding tert-OH is 2. The van der Waals surface area contributed by atoms with Gasteiger partial charge in [-0.3, -0.25) is 38.6 Å². The average Bonchev–Trinajstić information content (AvgIpc) is 1.62. The van der Waals surface area contributed by atoms with E-state index in [4.69, 9.17) is 30.7 Å². The number of aryl methyl sites for hydroxylation is 1. The largest absolute Gasteiger partial charge is 0.508 e. The zero-order valence-electron chi connectivity index (χ0n) is 50.7. The number of nitrogens with two attached hydrogens (primary N) is 1. The Morgan fingerprint density at radius 1 is 0.638 bits per heavy atom. The maximum atomic E-state index is 15.2. The second-order valence-corrected chi connectivity index (χ2v) is 28.9. The molecule has 3 fully saturated rings. The molecule has 4 aliphatic heterocycles. The standard InChI is InChI=1S/C63H64N16O9S6/c1-32-46(81)26-79-51(32)61-72-44(30-93-61)58-69-41(27-90-58)49-37(12-13-38(66-49)57-73-45(31-91-57)62(87)78-22-20-77(21-23-78)19-18-76-16-14-65-15-17-76)56-70-42(28-89-56)53(84)67-39(25-47(64)82)59-75-48(33(2)94-59)55(86)74-50(52(83)35-6-4-3-5-7-35)60-71-43(29-92-60)54(85)68-40(63(79)88)24-34-8-10-36(80)11-9-34/h3-13,27-32,39-40,46,50-52,65,80-81,83H,14-26H2,1-2H3,(H2,64,82)(H,67,84)(H,68,85)(H,74,86)/t32-,39-,40-,46-,50-,51-,52+/m0/s1. The molecule has 486 valence electrons. The van der Waals surface area contributed by atoms with Crippen molar-refractivity contribution in [3.8, 4) is 49.1 Å². The van der Waals surface area contributed by atoms with Crippen LogP contribution < -0.4 is 27.0 Å². The molecule has 7 atom stereocenters. The maximum Gasteiger partial charge on any atom is 0.273 e. The quantitative estimate of drug-likeness (QED) is 0.0741. The van der Waals surface area contributed by atoms with E-state index in [0.29, 0.717) is 83.2 Å². The first-order valence-corrected chi connectivity index (χ1v) is 35.6. The fraction of sp³-hybridized carbons (Fsp3) is 0.349. The van der Waals surface area contributed by atoms with Crippen LogP contribution in [0.3, 0.4) is 0 Å². The number of aromatic hydroxyl groups is 1. The molecule has 9 N–H and O–H groups in total. The van der Waals surface area contributed by atoms with Crippen LogP contribution in [0.15, 0.2) is 93.6 Å². The first-order chi connectivity index (χ1) is 45.5. The van der Waals surface area contributed by atoms with E-state index in [1.165, 1.54) is 67.8 Å². The maximum absolute atomic E-state index is 15.2. The molecule has 9 aromatic rings. The number of piperazine rings is 2. The van der Waals surface area contributed by atoms with Crippen LogP contribution in [0, 0.1) is 12.8 Å². The Morgan fingerprint density at radius 2 is 1.28 bits per heavy atom. The molecular weight excluding hydrogens is 1320 g/mol. The summed E-state index contributed by atoms with van der Waals surface area (Å²) in [4.78, 5) is 128. The van der Waals surface area contributed by atoms with Gasteiger partial charge in [-0.2, -0.15) is 0 Å². The first kappa shape index (κ1) is 64.5. The Morgan fingerprint density at radius 3 is 2.03 bits per heavy atom.